The van der Waals surface area contributed by atoms with Crippen molar-refractivity contribution in [1.82, 2.24) is 10.1 Å². The molecule has 0 atom stereocenters. The summed E-state index contributed by atoms with van der Waals surface area (Å²) in [6.45, 7) is 5.85. The number of hydrogen-bond acceptors (Lipinski definition) is 5. The Labute approximate surface area is 158 Å². The first-order chi connectivity index (χ1) is 12.7. The minimum absolute atomic E-state index is 0.202. The van der Waals surface area contributed by atoms with Crippen LogP contribution in [0.5, 0.6) is 0 Å². The summed E-state index contributed by atoms with van der Waals surface area (Å²) in [6, 6.07) is 9.01. The SMILES string of the molecule is CN(Cc1cccc(NC(=O)c2cc(C3CC3)no2)c1)C(=O)OC(C)(C)C. The van der Waals surface area contributed by atoms with Crippen molar-refractivity contribution in [2.24, 2.45) is 0 Å². The zero-order valence-corrected chi connectivity index (χ0v) is 16.1. The van der Waals surface area contributed by atoms with Gasteiger partial charge in [0.1, 0.15) is 5.60 Å². The summed E-state index contributed by atoms with van der Waals surface area (Å²) in [4.78, 5) is 25.9. The van der Waals surface area contributed by atoms with Gasteiger partial charge in [0.2, 0.25) is 5.76 Å². The van der Waals surface area contributed by atoms with Crippen LogP contribution >= 0.6 is 0 Å². The van der Waals surface area contributed by atoms with Crippen molar-refractivity contribution >= 4 is 17.7 Å². The Morgan fingerprint density at radius 2 is 2.04 bits per heavy atom. The van der Waals surface area contributed by atoms with Crippen molar-refractivity contribution in [2.75, 3.05) is 12.4 Å². The molecule has 144 valence electrons. The number of rotatable bonds is 5. The molecule has 27 heavy (non-hydrogen) atoms. The van der Waals surface area contributed by atoms with Gasteiger partial charge in [0.25, 0.3) is 5.91 Å². The maximum Gasteiger partial charge on any atom is 0.410 e. The predicted molar refractivity (Wildman–Crippen MR) is 101 cm³/mol. The number of nitrogens with one attached hydrogen (secondary N) is 1. The van der Waals surface area contributed by atoms with Crippen molar-refractivity contribution < 1.29 is 18.8 Å². The van der Waals surface area contributed by atoms with Gasteiger partial charge < -0.3 is 19.5 Å². The molecule has 2 amide bonds. The van der Waals surface area contributed by atoms with Crippen LogP contribution in [0.2, 0.25) is 0 Å². The second-order valence-corrected chi connectivity index (χ2v) is 7.88. The molecule has 1 aromatic heterocycles. The molecule has 0 radical (unpaired) electrons. The van der Waals surface area contributed by atoms with Crippen molar-refractivity contribution in [3.8, 4) is 0 Å². The van der Waals surface area contributed by atoms with Crippen LogP contribution in [0.1, 0.15) is 61.3 Å². The maximum absolute atomic E-state index is 12.3. The van der Waals surface area contributed by atoms with Gasteiger partial charge in [-0.2, -0.15) is 0 Å². The van der Waals surface area contributed by atoms with Gasteiger partial charge in [0, 0.05) is 31.3 Å². The summed E-state index contributed by atoms with van der Waals surface area (Å²) in [5.74, 6) is 0.294. The van der Waals surface area contributed by atoms with Gasteiger partial charge in [0.05, 0.1) is 5.69 Å². The van der Waals surface area contributed by atoms with Crippen LogP contribution in [-0.2, 0) is 11.3 Å². The molecule has 0 spiro atoms. The number of nitrogens with zero attached hydrogens (tertiary/aromatic N) is 2. The summed E-state index contributed by atoms with van der Waals surface area (Å²) in [5.41, 5.74) is 1.79. The number of carbonyl (C=O) groups excluding carboxylic acids is 2. The van der Waals surface area contributed by atoms with Gasteiger partial charge in [-0.15, -0.1) is 0 Å². The highest BCUT2D eigenvalue weighted by Gasteiger charge is 2.28. The van der Waals surface area contributed by atoms with Crippen LogP contribution in [-0.4, -0.2) is 34.7 Å². The highest BCUT2D eigenvalue weighted by atomic mass is 16.6. The average molecular weight is 371 g/mol. The van der Waals surface area contributed by atoms with E-state index in [1.54, 1.807) is 19.2 Å². The van der Waals surface area contributed by atoms with Gasteiger partial charge in [-0.05, 0) is 51.3 Å². The first kappa shape index (κ1) is 18.9. The normalized spacial score (nSPS) is 13.9. The molecule has 1 aliphatic rings. The van der Waals surface area contributed by atoms with E-state index in [-0.39, 0.29) is 11.7 Å². The fourth-order valence-electron chi connectivity index (χ4n) is 2.59. The maximum atomic E-state index is 12.3. The predicted octanol–water partition coefficient (Wildman–Crippen LogP) is 4.17. The molecule has 0 saturated heterocycles. The quantitative estimate of drug-likeness (QED) is 0.852. The summed E-state index contributed by atoms with van der Waals surface area (Å²) in [5, 5.41) is 6.76. The average Bonchev–Trinajstić information content (AvgIpc) is 3.30. The Bertz CT molecular complexity index is 834. The monoisotopic (exact) mass is 371 g/mol. The van der Waals surface area contributed by atoms with Crippen LogP contribution in [0.25, 0.3) is 0 Å². The number of ether oxygens (including phenoxy) is 1. The molecular weight excluding hydrogens is 346 g/mol. The zero-order valence-electron chi connectivity index (χ0n) is 16.1. The van der Waals surface area contributed by atoms with Crippen LogP contribution < -0.4 is 5.32 Å². The molecule has 7 heteroatoms. The molecule has 1 aromatic carbocycles. The fraction of sp³-hybridized carbons (Fsp3) is 0.450. The number of amides is 2. The van der Waals surface area contributed by atoms with Crippen LogP contribution in [0.15, 0.2) is 34.9 Å². The third-order valence-electron chi connectivity index (χ3n) is 4.06. The van der Waals surface area contributed by atoms with Crippen LogP contribution in [0.3, 0.4) is 0 Å². The molecule has 1 fully saturated rings. The van der Waals surface area contributed by atoms with Gasteiger partial charge >= 0.3 is 6.09 Å². The largest absolute Gasteiger partial charge is 0.444 e. The van der Waals surface area contributed by atoms with Crippen LogP contribution in [0.4, 0.5) is 10.5 Å². The number of carbonyl (C=O) groups is 2. The standard InChI is InChI=1S/C20H25N3O4/c1-20(2,3)26-19(25)23(4)12-13-6-5-7-15(10-13)21-18(24)17-11-16(22-27-17)14-8-9-14/h5-7,10-11,14H,8-9,12H2,1-4H3,(H,21,24). The Hall–Kier alpha value is -2.83. The lowest BCUT2D eigenvalue weighted by molar-refractivity contribution is 0.0285. The lowest BCUT2D eigenvalue weighted by Gasteiger charge is -2.24. The Balaban J connectivity index is 1.60. The lowest BCUT2D eigenvalue weighted by atomic mass is 10.2. The highest BCUT2D eigenvalue weighted by Crippen LogP contribution is 2.39. The molecule has 3 rings (SSSR count). The number of benzene rings is 1. The van der Waals surface area contributed by atoms with E-state index in [0.29, 0.717) is 18.2 Å². The van der Waals surface area contributed by atoms with Gasteiger partial charge in [-0.25, -0.2) is 4.79 Å². The van der Waals surface area contributed by atoms with E-state index < -0.39 is 11.7 Å². The van der Waals surface area contributed by atoms with E-state index >= 15 is 0 Å². The molecular formula is C20H25N3O4. The van der Waals surface area contributed by atoms with Crippen LogP contribution in [0, 0.1) is 0 Å². The van der Waals surface area contributed by atoms with Gasteiger partial charge in [-0.1, -0.05) is 17.3 Å². The third-order valence-corrected chi connectivity index (χ3v) is 4.06. The van der Waals surface area contributed by atoms with E-state index in [9.17, 15) is 9.59 Å². The molecule has 0 aliphatic heterocycles. The van der Waals surface area contributed by atoms with Gasteiger partial charge in [-0.3, -0.25) is 4.79 Å². The minimum atomic E-state index is -0.544. The molecule has 1 aliphatic carbocycles. The van der Waals surface area contributed by atoms with E-state index in [1.165, 1.54) is 4.90 Å². The molecule has 2 aromatic rings. The summed E-state index contributed by atoms with van der Waals surface area (Å²) in [6.07, 6.45) is 1.80. The smallest absolute Gasteiger partial charge is 0.410 e. The number of hydrogen-bond donors (Lipinski definition) is 1. The van der Waals surface area contributed by atoms with Crippen molar-refractivity contribution in [3.05, 3.63) is 47.3 Å². The summed E-state index contributed by atoms with van der Waals surface area (Å²) >= 11 is 0. The first-order valence-corrected chi connectivity index (χ1v) is 9.02. The fourth-order valence-corrected chi connectivity index (χ4v) is 2.59. The van der Waals surface area contributed by atoms with E-state index in [4.69, 9.17) is 9.26 Å². The topological polar surface area (TPSA) is 84.7 Å². The third kappa shape index (κ3) is 5.32. The zero-order chi connectivity index (χ0) is 19.6. The molecule has 1 heterocycles. The molecule has 0 bridgehead atoms. The number of aromatic nitrogens is 1. The number of anilines is 1. The minimum Gasteiger partial charge on any atom is -0.444 e. The van der Waals surface area contributed by atoms with E-state index in [1.807, 2.05) is 39.0 Å². The van der Waals surface area contributed by atoms with Crippen molar-refractivity contribution in [1.29, 1.82) is 0 Å². The van der Waals surface area contributed by atoms with Crippen molar-refractivity contribution in [2.45, 2.75) is 51.7 Å². The molecule has 0 unspecified atom stereocenters. The Morgan fingerprint density at radius 3 is 2.70 bits per heavy atom. The van der Waals surface area contributed by atoms with Gasteiger partial charge in [0.15, 0.2) is 0 Å². The summed E-state index contributed by atoms with van der Waals surface area (Å²) < 4.78 is 10.5. The van der Waals surface area contributed by atoms with E-state index in [0.717, 1.165) is 24.1 Å². The second-order valence-electron chi connectivity index (χ2n) is 7.88. The Kier molecular flexibility index (Phi) is 5.21. The molecule has 1 N–H and O–H groups in total. The second kappa shape index (κ2) is 7.42. The molecule has 1 saturated carbocycles. The summed E-state index contributed by atoms with van der Waals surface area (Å²) in [7, 11) is 1.67. The first-order valence-electron chi connectivity index (χ1n) is 9.02. The Morgan fingerprint density at radius 1 is 1.30 bits per heavy atom. The molecule has 7 nitrogen and oxygen atoms in total. The highest BCUT2D eigenvalue weighted by molar-refractivity contribution is 6.02. The van der Waals surface area contributed by atoms with E-state index in [2.05, 4.69) is 10.5 Å². The lowest BCUT2D eigenvalue weighted by Crippen LogP contribution is -2.33. The van der Waals surface area contributed by atoms with Crippen molar-refractivity contribution in [3.63, 3.8) is 0 Å².